The number of nitrogens with zero attached hydrogens (tertiary/aromatic N) is 2. The number of methoxy groups -OCH3 is 2. The Morgan fingerprint density at radius 3 is 2.50 bits per heavy atom. The van der Waals surface area contributed by atoms with Gasteiger partial charge in [0.2, 0.25) is 5.78 Å². The van der Waals surface area contributed by atoms with Gasteiger partial charge in [0.05, 0.1) is 25.8 Å². The quantitative estimate of drug-likeness (QED) is 0.479. The zero-order valence-electron chi connectivity index (χ0n) is 19.7. The van der Waals surface area contributed by atoms with Crippen molar-refractivity contribution in [3.63, 3.8) is 0 Å². The molecule has 2 aromatic carbocycles. The SMILES string of the molecule is COc1ccc([C@H]2C(C(=O)c3cc4ccccc4o3)=C(O)C(=O)N2CCCN(C)C)cc1OC. The summed E-state index contributed by atoms with van der Waals surface area (Å²) in [7, 11) is 6.95. The van der Waals surface area contributed by atoms with Crippen LogP contribution < -0.4 is 9.47 Å². The predicted molar refractivity (Wildman–Crippen MR) is 127 cm³/mol. The van der Waals surface area contributed by atoms with Gasteiger partial charge in [-0.2, -0.15) is 0 Å². The van der Waals surface area contributed by atoms with Crippen molar-refractivity contribution in [2.75, 3.05) is 41.4 Å². The van der Waals surface area contributed by atoms with Gasteiger partial charge in [-0.1, -0.05) is 24.3 Å². The van der Waals surface area contributed by atoms with Crippen LogP contribution in [0.25, 0.3) is 11.0 Å². The second-order valence-corrected chi connectivity index (χ2v) is 8.41. The molecule has 0 fully saturated rings. The Morgan fingerprint density at radius 1 is 1.09 bits per heavy atom. The third-order valence-corrected chi connectivity index (χ3v) is 5.93. The van der Waals surface area contributed by atoms with Crippen molar-refractivity contribution >= 4 is 22.7 Å². The molecule has 1 aromatic heterocycles. The Kier molecular flexibility index (Phi) is 6.61. The molecule has 0 saturated carbocycles. The minimum atomic E-state index is -0.796. The normalized spacial score (nSPS) is 16.1. The first-order valence-electron chi connectivity index (χ1n) is 11.0. The lowest BCUT2D eigenvalue weighted by Crippen LogP contribution is -2.33. The highest BCUT2D eigenvalue weighted by Crippen LogP contribution is 2.42. The second kappa shape index (κ2) is 9.61. The van der Waals surface area contributed by atoms with Crippen molar-refractivity contribution in [2.45, 2.75) is 12.5 Å². The number of aliphatic hydroxyl groups excluding tert-OH is 1. The number of carbonyl (C=O) groups excluding carboxylic acids is 2. The van der Waals surface area contributed by atoms with Gasteiger partial charge in [0.15, 0.2) is 23.0 Å². The summed E-state index contributed by atoms with van der Waals surface area (Å²) in [5.74, 6) is -0.628. The zero-order valence-corrected chi connectivity index (χ0v) is 19.7. The standard InChI is InChI=1S/C26H28N2O6/c1-27(2)12-7-13-28-23(17-10-11-19(32-3)20(15-17)33-4)22(25(30)26(28)31)24(29)21-14-16-8-5-6-9-18(16)34-21/h5-6,8-11,14-15,23,30H,7,12-13H2,1-4H3/t23-/m0/s1. The lowest BCUT2D eigenvalue weighted by Gasteiger charge is -2.27. The molecule has 0 unspecified atom stereocenters. The van der Waals surface area contributed by atoms with Gasteiger partial charge in [0.1, 0.15) is 5.58 Å². The first-order valence-corrected chi connectivity index (χ1v) is 11.0. The molecule has 3 aromatic rings. The van der Waals surface area contributed by atoms with Crippen molar-refractivity contribution in [1.82, 2.24) is 9.80 Å². The van der Waals surface area contributed by atoms with E-state index in [4.69, 9.17) is 13.9 Å². The summed E-state index contributed by atoms with van der Waals surface area (Å²) in [6.45, 7) is 1.10. The number of ketones is 1. The Hall–Kier alpha value is -3.78. The van der Waals surface area contributed by atoms with E-state index in [2.05, 4.69) is 0 Å². The van der Waals surface area contributed by atoms with Crippen molar-refractivity contribution < 1.29 is 28.6 Å². The van der Waals surface area contributed by atoms with E-state index < -0.39 is 23.5 Å². The van der Waals surface area contributed by atoms with Crippen LogP contribution in [0.15, 0.2) is 64.3 Å². The third kappa shape index (κ3) is 4.24. The fraction of sp³-hybridized carbons (Fsp3) is 0.308. The van der Waals surface area contributed by atoms with Crippen LogP contribution in [-0.2, 0) is 4.79 Å². The van der Waals surface area contributed by atoms with Gasteiger partial charge in [0.25, 0.3) is 5.91 Å². The molecule has 1 atom stereocenters. The van der Waals surface area contributed by atoms with Crippen molar-refractivity contribution in [3.8, 4) is 11.5 Å². The van der Waals surface area contributed by atoms with Gasteiger partial charge in [-0.15, -0.1) is 0 Å². The number of amides is 1. The van der Waals surface area contributed by atoms with Crippen molar-refractivity contribution in [3.05, 3.63) is 71.2 Å². The van der Waals surface area contributed by atoms with E-state index in [1.807, 2.05) is 37.2 Å². The van der Waals surface area contributed by atoms with E-state index in [9.17, 15) is 14.7 Å². The summed E-state index contributed by atoms with van der Waals surface area (Å²) in [6.07, 6.45) is 0.669. The van der Waals surface area contributed by atoms with Crippen LogP contribution in [0, 0.1) is 0 Å². The number of Topliss-reactive ketones (excluding diaryl/α,β-unsaturated/α-hetero) is 1. The number of rotatable bonds is 9. The number of para-hydroxylation sites is 1. The molecule has 0 bridgehead atoms. The Bertz CT molecular complexity index is 1230. The maximum atomic E-state index is 13.6. The first-order chi connectivity index (χ1) is 16.3. The van der Waals surface area contributed by atoms with E-state index in [-0.39, 0.29) is 11.3 Å². The van der Waals surface area contributed by atoms with Crippen LogP contribution in [0.5, 0.6) is 11.5 Å². The fourth-order valence-electron chi connectivity index (χ4n) is 4.27. The molecule has 1 amide bonds. The smallest absolute Gasteiger partial charge is 0.290 e. The number of benzene rings is 2. The summed E-state index contributed by atoms with van der Waals surface area (Å²) in [5.41, 5.74) is 1.17. The van der Waals surface area contributed by atoms with Crippen LogP contribution in [0.2, 0.25) is 0 Å². The van der Waals surface area contributed by atoms with Gasteiger partial charge in [-0.25, -0.2) is 0 Å². The van der Waals surface area contributed by atoms with E-state index in [1.165, 1.54) is 19.1 Å². The average Bonchev–Trinajstić information content (AvgIpc) is 3.38. The number of furan rings is 1. The highest BCUT2D eigenvalue weighted by atomic mass is 16.5. The Morgan fingerprint density at radius 2 is 1.82 bits per heavy atom. The van der Waals surface area contributed by atoms with Gasteiger partial charge in [-0.05, 0) is 56.9 Å². The summed E-state index contributed by atoms with van der Waals surface area (Å²) >= 11 is 0. The van der Waals surface area contributed by atoms with Gasteiger partial charge >= 0.3 is 0 Å². The van der Waals surface area contributed by atoms with E-state index in [0.717, 1.165) is 11.9 Å². The van der Waals surface area contributed by atoms with Gasteiger partial charge in [0, 0.05) is 11.9 Å². The highest BCUT2D eigenvalue weighted by molar-refractivity contribution is 6.16. The predicted octanol–water partition coefficient (Wildman–Crippen LogP) is 3.98. The molecule has 34 heavy (non-hydrogen) atoms. The number of ether oxygens (including phenoxy) is 2. The Labute approximate surface area is 198 Å². The molecule has 1 N–H and O–H groups in total. The molecule has 0 aliphatic carbocycles. The van der Waals surface area contributed by atoms with Crippen molar-refractivity contribution in [2.24, 2.45) is 0 Å². The average molecular weight is 465 g/mol. The molecule has 1 aliphatic rings. The van der Waals surface area contributed by atoms with Crippen LogP contribution >= 0.6 is 0 Å². The Balaban J connectivity index is 1.78. The zero-order chi connectivity index (χ0) is 24.4. The summed E-state index contributed by atoms with van der Waals surface area (Å²) in [6, 6.07) is 13.3. The summed E-state index contributed by atoms with van der Waals surface area (Å²) in [5, 5.41) is 11.6. The summed E-state index contributed by atoms with van der Waals surface area (Å²) < 4.78 is 16.5. The molecule has 0 spiro atoms. The molecular formula is C26H28N2O6. The topological polar surface area (TPSA) is 92.5 Å². The number of fused-ring (bicyclic) bond motifs is 1. The molecule has 0 radical (unpaired) electrons. The maximum Gasteiger partial charge on any atom is 0.290 e. The lowest BCUT2D eigenvalue weighted by molar-refractivity contribution is -0.129. The number of aliphatic hydroxyl groups is 1. The molecule has 8 nitrogen and oxygen atoms in total. The van der Waals surface area contributed by atoms with Gasteiger partial charge in [-0.3, -0.25) is 9.59 Å². The largest absolute Gasteiger partial charge is 0.503 e. The first kappa shape index (κ1) is 23.4. The lowest BCUT2D eigenvalue weighted by atomic mass is 9.94. The molecule has 1 aliphatic heterocycles. The molecule has 8 heteroatoms. The van der Waals surface area contributed by atoms with E-state index >= 15 is 0 Å². The van der Waals surface area contributed by atoms with Crippen LogP contribution in [0.4, 0.5) is 0 Å². The number of carbonyl (C=O) groups is 2. The number of hydrogen-bond donors (Lipinski definition) is 1. The highest BCUT2D eigenvalue weighted by Gasteiger charge is 2.44. The maximum absolute atomic E-state index is 13.6. The van der Waals surface area contributed by atoms with Crippen LogP contribution in [0.1, 0.15) is 28.6 Å². The molecule has 2 heterocycles. The van der Waals surface area contributed by atoms with Gasteiger partial charge < -0.3 is 28.8 Å². The molecule has 178 valence electrons. The van der Waals surface area contributed by atoms with Crippen molar-refractivity contribution in [1.29, 1.82) is 0 Å². The van der Waals surface area contributed by atoms with Crippen LogP contribution in [-0.4, -0.2) is 68.0 Å². The molecule has 0 saturated heterocycles. The monoisotopic (exact) mass is 464 g/mol. The minimum Gasteiger partial charge on any atom is -0.503 e. The second-order valence-electron chi connectivity index (χ2n) is 8.41. The number of hydrogen-bond acceptors (Lipinski definition) is 7. The van der Waals surface area contributed by atoms with E-state index in [1.54, 1.807) is 30.3 Å². The van der Waals surface area contributed by atoms with E-state index in [0.29, 0.717) is 35.6 Å². The third-order valence-electron chi connectivity index (χ3n) is 5.93. The van der Waals surface area contributed by atoms with Crippen LogP contribution in [0.3, 0.4) is 0 Å². The summed E-state index contributed by atoms with van der Waals surface area (Å²) in [4.78, 5) is 30.3. The fourth-order valence-corrected chi connectivity index (χ4v) is 4.27. The minimum absolute atomic E-state index is 0.0128. The molecule has 4 rings (SSSR count). The molecular weight excluding hydrogens is 436 g/mol.